The molecule has 0 aromatic heterocycles. The summed E-state index contributed by atoms with van der Waals surface area (Å²) in [6.45, 7) is 7.27. The fourth-order valence-electron chi connectivity index (χ4n) is 3.05. The Bertz CT molecular complexity index is 278. The van der Waals surface area contributed by atoms with Crippen LogP contribution in [0.25, 0.3) is 0 Å². The lowest BCUT2D eigenvalue weighted by molar-refractivity contribution is -0.123. The zero-order chi connectivity index (χ0) is 13.8. The first-order chi connectivity index (χ1) is 8.38. The lowest BCUT2D eigenvalue weighted by atomic mass is 9.92. The molecule has 3 atom stereocenters. The van der Waals surface area contributed by atoms with Crippen LogP contribution in [0.4, 0.5) is 0 Å². The molecule has 4 nitrogen and oxygen atoms in total. The highest BCUT2D eigenvalue weighted by molar-refractivity contribution is 5.83. The molecule has 106 valence electrons. The van der Waals surface area contributed by atoms with Crippen LogP contribution in [0.15, 0.2) is 0 Å². The largest absolute Gasteiger partial charge is 0.368 e. The van der Waals surface area contributed by atoms with Crippen LogP contribution >= 0.6 is 0 Å². The Morgan fingerprint density at radius 3 is 2.67 bits per heavy atom. The molecule has 1 heterocycles. The van der Waals surface area contributed by atoms with E-state index in [9.17, 15) is 4.79 Å². The number of carbonyl (C=O) groups is 1. The van der Waals surface area contributed by atoms with Gasteiger partial charge in [-0.2, -0.15) is 0 Å². The summed E-state index contributed by atoms with van der Waals surface area (Å²) >= 11 is 0. The van der Waals surface area contributed by atoms with Crippen molar-refractivity contribution in [3.63, 3.8) is 0 Å². The first kappa shape index (κ1) is 15.4. The third-order valence-electron chi connectivity index (χ3n) is 4.24. The second-order valence-corrected chi connectivity index (χ2v) is 5.98. The first-order valence-electron chi connectivity index (χ1n) is 7.23. The number of nitrogens with two attached hydrogens (primary N) is 2. The maximum atomic E-state index is 11.3. The smallest absolute Gasteiger partial charge is 0.237 e. The summed E-state index contributed by atoms with van der Waals surface area (Å²) in [6, 6.07) is 0.946. The van der Waals surface area contributed by atoms with Crippen molar-refractivity contribution in [2.24, 2.45) is 11.5 Å². The molecule has 0 aromatic rings. The van der Waals surface area contributed by atoms with E-state index in [0.29, 0.717) is 18.5 Å². The Morgan fingerprint density at radius 1 is 1.44 bits per heavy atom. The van der Waals surface area contributed by atoms with Crippen LogP contribution < -0.4 is 11.5 Å². The predicted octanol–water partition coefficient (Wildman–Crippen LogP) is 1.62. The minimum atomic E-state index is -0.899. The number of likely N-dealkylation sites (tertiary alicyclic amines) is 1. The van der Waals surface area contributed by atoms with E-state index in [-0.39, 0.29) is 0 Å². The molecule has 1 saturated heterocycles. The summed E-state index contributed by atoms with van der Waals surface area (Å²) in [5.41, 5.74) is 10.5. The van der Waals surface area contributed by atoms with Crippen LogP contribution in [-0.4, -0.2) is 35.0 Å². The highest BCUT2D eigenvalue weighted by Crippen LogP contribution is 2.24. The fourth-order valence-corrected chi connectivity index (χ4v) is 3.05. The Labute approximate surface area is 111 Å². The van der Waals surface area contributed by atoms with Gasteiger partial charge in [-0.05, 0) is 46.1 Å². The molecule has 1 amide bonds. The molecule has 3 unspecified atom stereocenters. The van der Waals surface area contributed by atoms with Crippen LogP contribution in [0.3, 0.4) is 0 Å². The third kappa shape index (κ3) is 3.95. The number of nitrogens with zero attached hydrogens (tertiary/aromatic N) is 1. The Kier molecular flexibility index (Phi) is 5.60. The number of hydrogen-bond donors (Lipinski definition) is 2. The van der Waals surface area contributed by atoms with Crippen molar-refractivity contribution in [2.75, 3.05) is 6.54 Å². The SMILES string of the molecule is CCC1CCCCCN1C(C)CC(C)(N)C(N)=O. The summed E-state index contributed by atoms with van der Waals surface area (Å²) < 4.78 is 0. The van der Waals surface area contributed by atoms with Gasteiger partial charge in [-0.15, -0.1) is 0 Å². The average Bonchev–Trinajstić information content (AvgIpc) is 2.52. The molecule has 0 saturated carbocycles. The van der Waals surface area contributed by atoms with Gasteiger partial charge in [-0.3, -0.25) is 9.69 Å². The van der Waals surface area contributed by atoms with Crippen LogP contribution in [0.5, 0.6) is 0 Å². The van der Waals surface area contributed by atoms with Crippen molar-refractivity contribution in [1.82, 2.24) is 4.90 Å². The molecular weight excluding hydrogens is 226 g/mol. The summed E-state index contributed by atoms with van der Waals surface area (Å²) in [4.78, 5) is 13.9. The van der Waals surface area contributed by atoms with Gasteiger partial charge >= 0.3 is 0 Å². The number of rotatable bonds is 5. The maximum absolute atomic E-state index is 11.3. The Morgan fingerprint density at radius 2 is 2.11 bits per heavy atom. The minimum Gasteiger partial charge on any atom is -0.368 e. The van der Waals surface area contributed by atoms with Crippen molar-refractivity contribution in [1.29, 1.82) is 0 Å². The number of carbonyl (C=O) groups excluding carboxylic acids is 1. The quantitative estimate of drug-likeness (QED) is 0.784. The van der Waals surface area contributed by atoms with Crippen molar-refractivity contribution in [3.8, 4) is 0 Å². The van der Waals surface area contributed by atoms with Crippen molar-refractivity contribution in [3.05, 3.63) is 0 Å². The summed E-state index contributed by atoms with van der Waals surface area (Å²) in [5.74, 6) is -0.405. The predicted molar refractivity (Wildman–Crippen MR) is 75.1 cm³/mol. The molecule has 0 radical (unpaired) electrons. The van der Waals surface area contributed by atoms with Crippen molar-refractivity contribution in [2.45, 2.75) is 76.9 Å². The van der Waals surface area contributed by atoms with E-state index in [2.05, 4.69) is 18.7 Å². The second kappa shape index (κ2) is 6.53. The molecule has 0 aromatic carbocycles. The molecule has 1 aliphatic heterocycles. The van der Waals surface area contributed by atoms with E-state index >= 15 is 0 Å². The number of primary amides is 1. The Hall–Kier alpha value is -0.610. The zero-order valence-corrected chi connectivity index (χ0v) is 12.1. The maximum Gasteiger partial charge on any atom is 0.237 e. The summed E-state index contributed by atoms with van der Waals surface area (Å²) in [6.07, 6.45) is 6.95. The van der Waals surface area contributed by atoms with E-state index in [0.717, 1.165) is 6.54 Å². The first-order valence-corrected chi connectivity index (χ1v) is 7.23. The van der Waals surface area contributed by atoms with Gasteiger partial charge in [-0.1, -0.05) is 19.8 Å². The van der Waals surface area contributed by atoms with E-state index < -0.39 is 11.4 Å². The van der Waals surface area contributed by atoms with Gasteiger partial charge in [0, 0.05) is 12.1 Å². The van der Waals surface area contributed by atoms with Gasteiger partial charge in [0.15, 0.2) is 0 Å². The van der Waals surface area contributed by atoms with E-state index in [4.69, 9.17) is 11.5 Å². The lowest BCUT2D eigenvalue weighted by Crippen LogP contribution is -2.54. The van der Waals surface area contributed by atoms with Crippen LogP contribution in [0.1, 0.15) is 59.3 Å². The van der Waals surface area contributed by atoms with Gasteiger partial charge in [0.05, 0.1) is 5.54 Å². The Balaban J connectivity index is 2.67. The topological polar surface area (TPSA) is 72.3 Å². The van der Waals surface area contributed by atoms with E-state index in [1.165, 1.54) is 32.1 Å². The molecule has 1 fully saturated rings. The van der Waals surface area contributed by atoms with Gasteiger partial charge < -0.3 is 11.5 Å². The lowest BCUT2D eigenvalue weighted by Gasteiger charge is -2.37. The molecule has 0 bridgehead atoms. The molecule has 4 heteroatoms. The monoisotopic (exact) mass is 255 g/mol. The number of hydrogen-bond acceptors (Lipinski definition) is 3. The van der Waals surface area contributed by atoms with Gasteiger partial charge in [0.25, 0.3) is 0 Å². The number of amides is 1. The average molecular weight is 255 g/mol. The highest BCUT2D eigenvalue weighted by atomic mass is 16.1. The standard InChI is InChI=1S/C14H29N3O/c1-4-12-8-6-5-7-9-17(12)11(2)10-14(3,16)13(15)18/h11-12H,4-10,16H2,1-3H3,(H2,15,18). The molecule has 0 spiro atoms. The van der Waals surface area contributed by atoms with Crippen molar-refractivity contribution >= 4 is 5.91 Å². The minimum absolute atomic E-state index is 0.315. The van der Waals surface area contributed by atoms with Crippen LogP contribution in [0, 0.1) is 0 Å². The van der Waals surface area contributed by atoms with E-state index in [1.807, 2.05) is 0 Å². The van der Waals surface area contributed by atoms with Crippen molar-refractivity contribution < 1.29 is 4.79 Å². The normalized spacial score (nSPS) is 27.2. The fraction of sp³-hybridized carbons (Fsp3) is 0.929. The molecule has 0 aliphatic carbocycles. The van der Waals surface area contributed by atoms with Gasteiger partial charge in [-0.25, -0.2) is 0 Å². The highest BCUT2D eigenvalue weighted by Gasteiger charge is 2.32. The second-order valence-electron chi connectivity index (χ2n) is 5.98. The molecule has 4 N–H and O–H groups in total. The molecular formula is C14H29N3O. The van der Waals surface area contributed by atoms with Crippen LogP contribution in [-0.2, 0) is 4.79 Å². The molecule has 18 heavy (non-hydrogen) atoms. The van der Waals surface area contributed by atoms with Crippen LogP contribution in [0.2, 0.25) is 0 Å². The summed E-state index contributed by atoms with van der Waals surface area (Å²) in [5, 5.41) is 0. The zero-order valence-electron chi connectivity index (χ0n) is 12.1. The third-order valence-corrected chi connectivity index (χ3v) is 4.24. The van der Waals surface area contributed by atoms with E-state index in [1.54, 1.807) is 6.92 Å². The van der Waals surface area contributed by atoms with Gasteiger partial charge in [0.2, 0.25) is 5.91 Å². The summed E-state index contributed by atoms with van der Waals surface area (Å²) in [7, 11) is 0. The molecule has 1 aliphatic rings. The van der Waals surface area contributed by atoms with Gasteiger partial charge in [0.1, 0.15) is 0 Å². The molecule has 1 rings (SSSR count).